The molecule has 330 valence electrons. The van der Waals surface area contributed by atoms with Crippen molar-refractivity contribution in [1.29, 1.82) is 0 Å². The minimum absolute atomic E-state index is 0.727. The van der Waals surface area contributed by atoms with Gasteiger partial charge in [0.2, 0.25) is 0 Å². The highest BCUT2D eigenvalue weighted by atomic mass is 14.5. The molecule has 0 radical (unpaired) electrons. The minimum Gasteiger partial charge on any atom is -0.102 e. The van der Waals surface area contributed by atoms with Crippen LogP contribution in [0, 0.1) is 111 Å². The molecule has 3 unspecified atom stereocenters. The van der Waals surface area contributed by atoms with E-state index in [2.05, 4.69) is 150 Å². The lowest BCUT2D eigenvalue weighted by Crippen LogP contribution is -2.50. The fourth-order valence-corrected chi connectivity index (χ4v) is 7.24. The maximum atomic E-state index is 3.96. The molecular formula is C60H90. The Hall–Kier alpha value is -3.52. The maximum absolute atomic E-state index is 3.96. The third-order valence-electron chi connectivity index (χ3n) is 11.0. The van der Waals surface area contributed by atoms with Crippen molar-refractivity contribution < 1.29 is 0 Å². The lowest BCUT2D eigenvalue weighted by atomic mass is 9.50. The summed E-state index contributed by atoms with van der Waals surface area (Å²) in [5, 5.41) is 0. The van der Waals surface area contributed by atoms with Gasteiger partial charge in [0, 0.05) is 44.9 Å². The van der Waals surface area contributed by atoms with Crippen LogP contribution in [-0.2, 0) is 0 Å². The average Bonchev–Trinajstić information content (AvgIpc) is 3.26. The third-order valence-corrected chi connectivity index (χ3v) is 11.0. The van der Waals surface area contributed by atoms with E-state index in [1.54, 1.807) is 0 Å². The summed E-state index contributed by atoms with van der Waals surface area (Å²) in [4.78, 5) is 0. The van der Waals surface area contributed by atoms with E-state index in [0.29, 0.717) is 0 Å². The van der Waals surface area contributed by atoms with Crippen LogP contribution in [0.4, 0.5) is 0 Å². The van der Waals surface area contributed by atoms with Crippen LogP contribution in [0.25, 0.3) is 0 Å². The molecular weight excluding hydrogens is 721 g/mol. The smallest absolute Gasteiger partial charge is 0.102 e. The van der Waals surface area contributed by atoms with Gasteiger partial charge in [0.05, 0.1) is 0 Å². The molecule has 0 rings (SSSR count). The van der Waals surface area contributed by atoms with Crippen LogP contribution < -0.4 is 0 Å². The summed E-state index contributed by atoms with van der Waals surface area (Å²) < 4.78 is 0. The molecule has 0 spiro atoms. The first kappa shape index (κ1) is 56.5. The fraction of sp³-hybridized carbons (Fsp3) is 0.733. The number of hydrogen-bond acceptors (Lipinski definition) is 0. The molecule has 0 heteroatoms. The van der Waals surface area contributed by atoms with Crippen molar-refractivity contribution in [3.8, 4) is 94.7 Å². The van der Waals surface area contributed by atoms with Gasteiger partial charge >= 0.3 is 0 Å². The van der Waals surface area contributed by atoms with Gasteiger partial charge in [-0.3, -0.25) is 0 Å². The second-order valence-corrected chi connectivity index (χ2v) is 16.7. The lowest BCUT2D eigenvalue weighted by Gasteiger charge is -2.44. The molecule has 0 heterocycles. The Morgan fingerprint density at radius 3 is 1.17 bits per heavy atom. The Morgan fingerprint density at radius 1 is 0.267 bits per heavy atom. The second kappa shape index (κ2) is 40.9. The number of unbranched alkanes of at least 4 members (excludes halogenated alkanes) is 24. The van der Waals surface area contributed by atoms with E-state index in [1.807, 2.05) is 0 Å². The van der Waals surface area contributed by atoms with Gasteiger partial charge in [-0.1, -0.05) is 225 Å². The standard InChI is InChI=1S/C60H90/c1-9-17-25-31-34-35-36-38-42-47-55-59(53-45-40-33-27-19-11-3,54-46-41-37-32-26-18-10-2)60(56-48-30-22-14-6,57-49-39-28-20-12-4)58(50-24-16-8,51-43-23-15-7)52-44-29-21-13-5/h9-23,25-37,39-41,44,52H2,1-8H3. The molecule has 0 aliphatic carbocycles. The van der Waals surface area contributed by atoms with Crippen LogP contribution >= 0.6 is 0 Å². The summed E-state index contributed by atoms with van der Waals surface area (Å²) in [6.45, 7) is 17.9. The van der Waals surface area contributed by atoms with E-state index in [-0.39, 0.29) is 0 Å². The molecule has 0 fully saturated rings. The fourth-order valence-electron chi connectivity index (χ4n) is 7.24. The van der Waals surface area contributed by atoms with Crippen LogP contribution in [-0.4, -0.2) is 0 Å². The van der Waals surface area contributed by atoms with Crippen LogP contribution in [0.1, 0.15) is 267 Å². The van der Waals surface area contributed by atoms with E-state index in [4.69, 9.17) is 0 Å². The zero-order valence-electron chi connectivity index (χ0n) is 40.8. The lowest BCUT2D eigenvalue weighted by molar-refractivity contribution is 0.215. The SMILES string of the molecule is CCC#CC(C#CCCC)(CCCCCC)C(C#CCCCC)(C#CCCCCC)C(C#CC#CCCCCCCCC)(C#CCCCCCC)C#CCCCCCCC. The molecule has 0 saturated carbocycles. The summed E-state index contributed by atoms with van der Waals surface area (Å²) in [7, 11) is 0. The molecule has 0 bridgehead atoms. The summed E-state index contributed by atoms with van der Waals surface area (Å²) in [5.41, 5.74) is -3.29. The quantitative estimate of drug-likeness (QED) is 0.0545. The highest BCUT2D eigenvalue weighted by molar-refractivity contribution is 5.59. The first-order valence-electron chi connectivity index (χ1n) is 25.5. The molecule has 0 aromatic carbocycles. The Morgan fingerprint density at radius 2 is 0.650 bits per heavy atom. The monoisotopic (exact) mass is 811 g/mol. The largest absolute Gasteiger partial charge is 0.182 e. The summed E-state index contributed by atoms with van der Waals surface area (Å²) in [6, 6.07) is 0. The highest BCUT2D eigenvalue weighted by Crippen LogP contribution is 2.54. The van der Waals surface area contributed by atoms with Crippen molar-refractivity contribution in [3.63, 3.8) is 0 Å². The van der Waals surface area contributed by atoms with Crippen LogP contribution in [0.3, 0.4) is 0 Å². The predicted octanol–water partition coefficient (Wildman–Crippen LogP) is 17.0. The molecule has 0 aliphatic heterocycles. The van der Waals surface area contributed by atoms with E-state index in [1.165, 1.54) is 83.5 Å². The van der Waals surface area contributed by atoms with Crippen molar-refractivity contribution in [1.82, 2.24) is 0 Å². The molecule has 0 aromatic heterocycles. The van der Waals surface area contributed by atoms with Crippen molar-refractivity contribution in [2.75, 3.05) is 0 Å². The maximum Gasteiger partial charge on any atom is 0.182 e. The van der Waals surface area contributed by atoms with Crippen molar-refractivity contribution in [2.24, 2.45) is 16.2 Å². The molecule has 0 N–H and O–H groups in total. The molecule has 0 saturated heterocycles. The number of rotatable bonds is 28. The molecule has 0 aromatic rings. The van der Waals surface area contributed by atoms with Gasteiger partial charge in [-0.2, -0.15) is 0 Å². The Bertz CT molecular complexity index is 1590. The first-order valence-corrected chi connectivity index (χ1v) is 25.5. The second-order valence-electron chi connectivity index (χ2n) is 16.7. The van der Waals surface area contributed by atoms with Gasteiger partial charge in [0.1, 0.15) is 5.41 Å². The third kappa shape index (κ3) is 24.7. The summed E-state index contributed by atoms with van der Waals surface area (Å²) in [5.74, 6) is 59.4. The molecule has 0 nitrogen and oxygen atoms in total. The van der Waals surface area contributed by atoms with Crippen molar-refractivity contribution in [2.45, 2.75) is 267 Å². The average molecular weight is 811 g/mol. The Balaban J connectivity index is 8.72. The van der Waals surface area contributed by atoms with Gasteiger partial charge in [-0.25, -0.2) is 0 Å². The zero-order chi connectivity index (χ0) is 44.1. The number of hydrogen-bond donors (Lipinski definition) is 0. The molecule has 0 amide bonds. The van der Waals surface area contributed by atoms with E-state index >= 15 is 0 Å². The summed E-state index contributed by atoms with van der Waals surface area (Å²) >= 11 is 0. The van der Waals surface area contributed by atoms with E-state index in [0.717, 1.165) is 128 Å². The van der Waals surface area contributed by atoms with Crippen LogP contribution in [0.5, 0.6) is 0 Å². The Labute approximate surface area is 376 Å². The molecule has 0 aliphatic rings. The van der Waals surface area contributed by atoms with Crippen LogP contribution in [0.15, 0.2) is 0 Å². The predicted molar refractivity (Wildman–Crippen MR) is 267 cm³/mol. The van der Waals surface area contributed by atoms with Gasteiger partial charge in [0.25, 0.3) is 0 Å². The highest BCUT2D eigenvalue weighted by Gasteiger charge is 2.61. The summed E-state index contributed by atoms with van der Waals surface area (Å²) in [6.07, 6.45) is 35.2. The van der Waals surface area contributed by atoms with Crippen LogP contribution in [0.2, 0.25) is 0 Å². The van der Waals surface area contributed by atoms with Gasteiger partial charge in [0.15, 0.2) is 10.8 Å². The minimum atomic E-state index is -1.22. The van der Waals surface area contributed by atoms with Gasteiger partial charge in [-0.15, -0.1) is 35.5 Å². The van der Waals surface area contributed by atoms with Gasteiger partial charge < -0.3 is 0 Å². The van der Waals surface area contributed by atoms with E-state index < -0.39 is 16.2 Å². The first-order chi connectivity index (χ1) is 29.5. The topological polar surface area (TPSA) is 0 Å². The van der Waals surface area contributed by atoms with Crippen molar-refractivity contribution >= 4 is 0 Å². The van der Waals surface area contributed by atoms with Crippen molar-refractivity contribution in [3.05, 3.63) is 0 Å². The molecule has 3 atom stereocenters. The molecule has 60 heavy (non-hydrogen) atoms. The normalized spacial score (nSPS) is 12.9. The van der Waals surface area contributed by atoms with E-state index in [9.17, 15) is 0 Å². The zero-order valence-corrected chi connectivity index (χ0v) is 40.8. The van der Waals surface area contributed by atoms with Gasteiger partial charge in [-0.05, 0) is 56.8 Å². The Kier molecular flexibility index (Phi) is 38.5.